The van der Waals surface area contributed by atoms with Gasteiger partial charge in [-0.05, 0) is 55.5 Å². The summed E-state index contributed by atoms with van der Waals surface area (Å²) in [6.45, 7) is 5.18. The molecule has 0 radical (unpaired) electrons. The van der Waals surface area contributed by atoms with Gasteiger partial charge in [0, 0.05) is 49.8 Å². The van der Waals surface area contributed by atoms with Crippen molar-refractivity contribution in [3.8, 4) is 11.5 Å². The molecule has 7 heteroatoms. The summed E-state index contributed by atoms with van der Waals surface area (Å²) in [5.74, 6) is 1.54. The molecule has 1 aliphatic heterocycles. The van der Waals surface area contributed by atoms with E-state index in [9.17, 15) is 9.90 Å². The van der Waals surface area contributed by atoms with Crippen molar-refractivity contribution in [3.63, 3.8) is 0 Å². The van der Waals surface area contributed by atoms with Gasteiger partial charge in [-0.1, -0.05) is 6.07 Å². The van der Waals surface area contributed by atoms with E-state index in [0.29, 0.717) is 44.2 Å². The first-order chi connectivity index (χ1) is 15.1. The van der Waals surface area contributed by atoms with Crippen molar-refractivity contribution in [3.05, 3.63) is 72.4 Å². The average Bonchev–Trinajstić information content (AvgIpc) is 2.81. The van der Waals surface area contributed by atoms with Crippen LogP contribution in [-0.2, 0) is 0 Å². The van der Waals surface area contributed by atoms with Gasteiger partial charge < -0.3 is 25.0 Å². The monoisotopic (exact) mass is 418 g/mol. The Bertz CT molecular complexity index is 1030. The molecular formula is C24H26N4O3. The molecule has 4 rings (SSSR count). The first-order valence-corrected chi connectivity index (χ1v) is 10.4. The fourth-order valence-corrected chi connectivity index (χ4v) is 3.64. The van der Waals surface area contributed by atoms with E-state index < -0.39 is 0 Å². The zero-order valence-corrected chi connectivity index (χ0v) is 17.5. The standard InChI is InChI=1S/C24H26N4O3/c1-2-31-21-10-8-18(9-11-21)26-23-22(7-4-12-25-23)24(30)28-15-13-27(14-16-28)19-5-3-6-20(29)17-19/h3-12,17,29H,2,13-16H2,1H3,(H,25,26). The van der Waals surface area contributed by atoms with Crippen LogP contribution in [0.1, 0.15) is 17.3 Å². The Labute approximate surface area is 181 Å². The maximum Gasteiger partial charge on any atom is 0.257 e. The lowest BCUT2D eigenvalue weighted by Crippen LogP contribution is -2.48. The van der Waals surface area contributed by atoms with E-state index in [0.717, 1.165) is 17.1 Å². The summed E-state index contributed by atoms with van der Waals surface area (Å²) in [7, 11) is 0. The highest BCUT2D eigenvalue weighted by atomic mass is 16.5. The van der Waals surface area contributed by atoms with Crippen molar-refractivity contribution in [1.82, 2.24) is 9.88 Å². The number of carbonyl (C=O) groups excluding carboxylic acids is 1. The minimum absolute atomic E-state index is 0.0444. The number of phenols is 1. The lowest BCUT2D eigenvalue weighted by atomic mass is 10.1. The summed E-state index contributed by atoms with van der Waals surface area (Å²) in [6.07, 6.45) is 1.67. The highest BCUT2D eigenvalue weighted by molar-refractivity contribution is 5.99. The van der Waals surface area contributed by atoms with E-state index in [1.54, 1.807) is 30.5 Å². The van der Waals surface area contributed by atoms with Gasteiger partial charge in [-0.3, -0.25) is 4.79 Å². The minimum atomic E-state index is -0.0444. The van der Waals surface area contributed by atoms with Crippen LogP contribution < -0.4 is 15.0 Å². The highest BCUT2D eigenvalue weighted by Gasteiger charge is 2.24. The molecule has 1 aliphatic rings. The lowest BCUT2D eigenvalue weighted by molar-refractivity contribution is 0.0747. The molecule has 0 unspecified atom stereocenters. The summed E-state index contributed by atoms with van der Waals surface area (Å²) in [5, 5.41) is 13.0. The van der Waals surface area contributed by atoms with E-state index in [2.05, 4.69) is 15.2 Å². The van der Waals surface area contributed by atoms with Gasteiger partial charge in [0.25, 0.3) is 5.91 Å². The number of ether oxygens (including phenoxy) is 1. The number of anilines is 3. The molecular weight excluding hydrogens is 392 g/mol. The molecule has 3 aromatic rings. The van der Waals surface area contributed by atoms with Crippen LogP contribution in [0.2, 0.25) is 0 Å². The number of aromatic nitrogens is 1. The van der Waals surface area contributed by atoms with Crippen molar-refractivity contribution in [2.24, 2.45) is 0 Å². The summed E-state index contributed by atoms with van der Waals surface area (Å²) >= 11 is 0. The number of carbonyl (C=O) groups is 1. The second-order valence-electron chi connectivity index (χ2n) is 7.28. The van der Waals surface area contributed by atoms with Gasteiger partial charge in [-0.2, -0.15) is 0 Å². The number of benzene rings is 2. The predicted octanol–water partition coefficient (Wildman–Crippen LogP) is 3.89. The van der Waals surface area contributed by atoms with Gasteiger partial charge >= 0.3 is 0 Å². The fraction of sp³-hybridized carbons (Fsp3) is 0.250. The number of nitrogens with one attached hydrogen (secondary N) is 1. The minimum Gasteiger partial charge on any atom is -0.508 e. The number of hydrogen-bond acceptors (Lipinski definition) is 6. The van der Waals surface area contributed by atoms with Crippen molar-refractivity contribution < 1.29 is 14.6 Å². The molecule has 0 atom stereocenters. The molecule has 2 N–H and O–H groups in total. The van der Waals surface area contributed by atoms with Crippen molar-refractivity contribution in [1.29, 1.82) is 0 Å². The molecule has 1 aromatic heterocycles. The molecule has 7 nitrogen and oxygen atoms in total. The number of amides is 1. The van der Waals surface area contributed by atoms with Gasteiger partial charge in [-0.25, -0.2) is 4.98 Å². The molecule has 0 spiro atoms. The molecule has 0 bridgehead atoms. The van der Waals surface area contributed by atoms with E-state index in [4.69, 9.17) is 4.74 Å². The van der Waals surface area contributed by atoms with E-state index in [1.165, 1.54) is 0 Å². The van der Waals surface area contributed by atoms with Gasteiger partial charge in [0.2, 0.25) is 0 Å². The van der Waals surface area contributed by atoms with Gasteiger partial charge in [0.1, 0.15) is 17.3 Å². The second-order valence-corrected chi connectivity index (χ2v) is 7.28. The SMILES string of the molecule is CCOc1ccc(Nc2ncccc2C(=O)N2CCN(c3cccc(O)c3)CC2)cc1. The van der Waals surface area contributed by atoms with Crippen LogP contribution in [0.5, 0.6) is 11.5 Å². The van der Waals surface area contributed by atoms with E-state index >= 15 is 0 Å². The summed E-state index contributed by atoms with van der Waals surface area (Å²) in [6, 6.07) is 18.4. The smallest absolute Gasteiger partial charge is 0.257 e. The molecule has 2 heterocycles. The number of pyridine rings is 1. The number of rotatable bonds is 6. The largest absolute Gasteiger partial charge is 0.508 e. The van der Waals surface area contributed by atoms with Crippen LogP contribution in [0.4, 0.5) is 17.2 Å². The van der Waals surface area contributed by atoms with Gasteiger partial charge in [-0.15, -0.1) is 0 Å². The molecule has 2 aromatic carbocycles. The Kier molecular flexibility index (Phi) is 6.21. The van der Waals surface area contributed by atoms with Crippen LogP contribution in [0, 0.1) is 0 Å². The van der Waals surface area contributed by atoms with Gasteiger partial charge in [0.15, 0.2) is 0 Å². The normalized spacial score (nSPS) is 13.7. The van der Waals surface area contributed by atoms with Crippen molar-refractivity contribution in [2.45, 2.75) is 6.92 Å². The molecule has 0 aliphatic carbocycles. The molecule has 0 saturated carbocycles. The third kappa shape index (κ3) is 4.88. The van der Waals surface area contributed by atoms with Crippen molar-refractivity contribution >= 4 is 23.1 Å². The number of nitrogens with zero attached hydrogens (tertiary/aromatic N) is 3. The zero-order valence-electron chi connectivity index (χ0n) is 17.5. The quantitative estimate of drug-likeness (QED) is 0.632. The lowest BCUT2D eigenvalue weighted by Gasteiger charge is -2.36. The number of piperazine rings is 1. The van der Waals surface area contributed by atoms with Crippen molar-refractivity contribution in [2.75, 3.05) is 43.0 Å². The van der Waals surface area contributed by atoms with Gasteiger partial charge in [0.05, 0.1) is 12.2 Å². The van der Waals surface area contributed by atoms with E-state index in [1.807, 2.05) is 48.2 Å². The second kappa shape index (κ2) is 9.38. The van der Waals surface area contributed by atoms with Crippen LogP contribution in [0.25, 0.3) is 0 Å². The zero-order chi connectivity index (χ0) is 21.6. The predicted molar refractivity (Wildman–Crippen MR) is 121 cm³/mol. The molecule has 1 saturated heterocycles. The Morgan fingerprint density at radius 3 is 2.55 bits per heavy atom. The number of phenolic OH excluding ortho intramolecular Hbond substituents is 1. The number of aromatic hydroxyl groups is 1. The molecule has 1 amide bonds. The first-order valence-electron chi connectivity index (χ1n) is 10.4. The fourth-order valence-electron chi connectivity index (χ4n) is 3.64. The van der Waals surface area contributed by atoms with Crippen LogP contribution >= 0.6 is 0 Å². The Hall–Kier alpha value is -3.74. The number of hydrogen-bond donors (Lipinski definition) is 2. The topological polar surface area (TPSA) is 77.9 Å². The molecule has 1 fully saturated rings. The Morgan fingerprint density at radius 1 is 1.06 bits per heavy atom. The Morgan fingerprint density at radius 2 is 1.84 bits per heavy atom. The first kappa shape index (κ1) is 20.5. The Balaban J connectivity index is 1.43. The maximum absolute atomic E-state index is 13.2. The van der Waals surface area contributed by atoms with Crippen LogP contribution in [0.3, 0.4) is 0 Å². The molecule has 160 valence electrons. The summed E-state index contributed by atoms with van der Waals surface area (Å²) < 4.78 is 5.48. The third-order valence-corrected chi connectivity index (χ3v) is 5.23. The van der Waals surface area contributed by atoms with Crippen LogP contribution in [0.15, 0.2) is 66.9 Å². The maximum atomic E-state index is 13.2. The van der Waals surface area contributed by atoms with Crippen LogP contribution in [-0.4, -0.2) is 53.7 Å². The average molecular weight is 418 g/mol. The summed E-state index contributed by atoms with van der Waals surface area (Å²) in [4.78, 5) is 21.6. The third-order valence-electron chi connectivity index (χ3n) is 5.23. The van der Waals surface area contributed by atoms with E-state index in [-0.39, 0.29) is 11.7 Å². The molecule has 31 heavy (non-hydrogen) atoms. The summed E-state index contributed by atoms with van der Waals surface area (Å²) in [5.41, 5.74) is 2.35. The highest BCUT2D eigenvalue weighted by Crippen LogP contribution is 2.24.